The third-order valence-electron chi connectivity index (χ3n) is 3.04. The van der Waals surface area contributed by atoms with Crippen molar-refractivity contribution in [1.82, 2.24) is 4.90 Å². The first-order chi connectivity index (χ1) is 8.13. The molecule has 94 valence electrons. The van der Waals surface area contributed by atoms with Gasteiger partial charge in [0.15, 0.2) is 0 Å². The molecule has 0 saturated heterocycles. The summed E-state index contributed by atoms with van der Waals surface area (Å²) in [6.45, 7) is 2.78. The van der Waals surface area contributed by atoms with E-state index in [0.717, 1.165) is 42.9 Å². The molecule has 0 radical (unpaired) electrons. The van der Waals surface area contributed by atoms with Crippen LogP contribution in [0.3, 0.4) is 0 Å². The Balaban J connectivity index is 2.17. The molecule has 5 N–H and O–H groups in total. The lowest BCUT2D eigenvalue weighted by molar-refractivity contribution is 0.1000. The predicted molar refractivity (Wildman–Crippen MR) is 67.9 cm³/mol. The molecule has 0 atom stereocenters. The Morgan fingerprint density at radius 1 is 1.53 bits per heavy atom. The van der Waals surface area contributed by atoms with Crippen molar-refractivity contribution < 1.29 is 9.90 Å². The van der Waals surface area contributed by atoms with E-state index in [4.69, 9.17) is 16.6 Å². The summed E-state index contributed by atoms with van der Waals surface area (Å²) in [6, 6.07) is 0. The molecule has 17 heavy (non-hydrogen) atoms. The third kappa shape index (κ3) is 2.43. The first-order valence-corrected chi connectivity index (χ1v) is 6.48. The zero-order chi connectivity index (χ0) is 12.4. The van der Waals surface area contributed by atoms with E-state index in [0.29, 0.717) is 10.6 Å². The van der Waals surface area contributed by atoms with Gasteiger partial charge < -0.3 is 16.6 Å². The standard InChI is InChI=1S/C11H17N3O2S/c12-10(16)9-7-2-4-14(3-1-5-15)6-8(7)17-11(9)13/h15H,1-6,13H2,(H2,12,16). The third-order valence-corrected chi connectivity index (χ3v) is 4.09. The van der Waals surface area contributed by atoms with Crippen molar-refractivity contribution in [3.8, 4) is 0 Å². The quantitative estimate of drug-likeness (QED) is 0.715. The molecule has 2 rings (SSSR count). The molecule has 2 heterocycles. The molecule has 0 fully saturated rings. The molecular formula is C11H17N3O2S. The summed E-state index contributed by atoms with van der Waals surface area (Å²) < 4.78 is 0. The van der Waals surface area contributed by atoms with Crippen LogP contribution in [-0.2, 0) is 13.0 Å². The normalized spacial score (nSPS) is 15.8. The molecule has 0 spiro atoms. The smallest absolute Gasteiger partial charge is 0.251 e. The van der Waals surface area contributed by atoms with Crippen LogP contribution >= 0.6 is 11.3 Å². The van der Waals surface area contributed by atoms with Gasteiger partial charge in [0.2, 0.25) is 0 Å². The molecule has 0 saturated carbocycles. The Morgan fingerprint density at radius 2 is 2.29 bits per heavy atom. The molecule has 1 aliphatic heterocycles. The summed E-state index contributed by atoms with van der Waals surface area (Å²) in [7, 11) is 0. The predicted octanol–water partition coefficient (Wildman–Crippen LogP) is 0.170. The van der Waals surface area contributed by atoms with Gasteiger partial charge in [-0.1, -0.05) is 0 Å². The van der Waals surface area contributed by atoms with Gasteiger partial charge in [0.05, 0.1) is 10.6 Å². The van der Waals surface area contributed by atoms with Crippen molar-refractivity contribution in [2.24, 2.45) is 5.73 Å². The van der Waals surface area contributed by atoms with Gasteiger partial charge in [0.1, 0.15) is 0 Å². The van der Waals surface area contributed by atoms with Crippen LogP contribution in [-0.4, -0.2) is 35.6 Å². The van der Waals surface area contributed by atoms with Crippen LogP contribution in [0.4, 0.5) is 5.00 Å². The van der Waals surface area contributed by atoms with Crippen molar-refractivity contribution >= 4 is 22.2 Å². The number of anilines is 1. The van der Waals surface area contributed by atoms with E-state index in [1.807, 2.05) is 0 Å². The number of hydrogen-bond donors (Lipinski definition) is 3. The number of nitrogen functional groups attached to an aromatic ring is 1. The average Bonchev–Trinajstić information content (AvgIpc) is 2.61. The second kappa shape index (κ2) is 5.03. The summed E-state index contributed by atoms with van der Waals surface area (Å²) in [5.74, 6) is -0.427. The van der Waals surface area contributed by atoms with Gasteiger partial charge in [-0.2, -0.15) is 0 Å². The van der Waals surface area contributed by atoms with Crippen LogP contribution in [0.5, 0.6) is 0 Å². The highest BCUT2D eigenvalue weighted by atomic mass is 32.1. The van der Waals surface area contributed by atoms with Crippen molar-refractivity contribution in [3.05, 3.63) is 16.0 Å². The average molecular weight is 255 g/mol. The van der Waals surface area contributed by atoms with E-state index in [2.05, 4.69) is 4.90 Å². The Bertz CT molecular complexity index is 431. The lowest BCUT2D eigenvalue weighted by Crippen LogP contribution is -2.31. The van der Waals surface area contributed by atoms with Crippen molar-refractivity contribution in [2.75, 3.05) is 25.4 Å². The van der Waals surface area contributed by atoms with Gasteiger partial charge in [-0.3, -0.25) is 9.69 Å². The first kappa shape index (κ1) is 12.3. The maximum atomic E-state index is 11.3. The van der Waals surface area contributed by atoms with Crippen LogP contribution in [0.1, 0.15) is 27.2 Å². The van der Waals surface area contributed by atoms with Crippen molar-refractivity contribution in [1.29, 1.82) is 0 Å². The summed E-state index contributed by atoms with van der Waals surface area (Å²) >= 11 is 1.46. The highest BCUT2D eigenvalue weighted by Crippen LogP contribution is 2.34. The summed E-state index contributed by atoms with van der Waals surface area (Å²) in [6.07, 6.45) is 1.59. The molecule has 0 aliphatic carbocycles. The second-order valence-corrected chi connectivity index (χ2v) is 5.35. The van der Waals surface area contributed by atoms with Crippen LogP contribution < -0.4 is 11.5 Å². The Labute approximate surface area is 104 Å². The van der Waals surface area contributed by atoms with Gasteiger partial charge in [-0.05, 0) is 18.4 Å². The largest absolute Gasteiger partial charge is 0.396 e. The van der Waals surface area contributed by atoms with E-state index in [1.54, 1.807) is 0 Å². The minimum Gasteiger partial charge on any atom is -0.396 e. The van der Waals surface area contributed by atoms with Gasteiger partial charge in [0, 0.05) is 31.1 Å². The number of fused-ring (bicyclic) bond motifs is 1. The number of rotatable bonds is 4. The van der Waals surface area contributed by atoms with E-state index in [1.165, 1.54) is 11.3 Å². The molecule has 1 aliphatic rings. The van der Waals surface area contributed by atoms with Crippen molar-refractivity contribution in [3.63, 3.8) is 0 Å². The number of carbonyl (C=O) groups excluding carboxylic acids is 1. The summed E-state index contributed by atoms with van der Waals surface area (Å²) in [5, 5.41) is 9.34. The lowest BCUT2D eigenvalue weighted by atomic mass is 10.0. The second-order valence-electron chi connectivity index (χ2n) is 4.21. The fraction of sp³-hybridized carbons (Fsp3) is 0.545. The fourth-order valence-electron chi connectivity index (χ4n) is 2.23. The first-order valence-electron chi connectivity index (χ1n) is 5.66. The zero-order valence-corrected chi connectivity index (χ0v) is 10.4. The van der Waals surface area contributed by atoms with Crippen molar-refractivity contribution in [2.45, 2.75) is 19.4 Å². The number of aliphatic hydroxyl groups is 1. The highest BCUT2D eigenvalue weighted by molar-refractivity contribution is 7.16. The lowest BCUT2D eigenvalue weighted by Gasteiger charge is -2.26. The fourth-order valence-corrected chi connectivity index (χ4v) is 3.40. The van der Waals surface area contributed by atoms with E-state index < -0.39 is 5.91 Å². The number of thiophene rings is 1. The Morgan fingerprint density at radius 3 is 2.94 bits per heavy atom. The number of hydrogen-bond acceptors (Lipinski definition) is 5. The van der Waals surface area contributed by atoms with E-state index >= 15 is 0 Å². The monoisotopic (exact) mass is 255 g/mol. The topological polar surface area (TPSA) is 92.6 Å². The highest BCUT2D eigenvalue weighted by Gasteiger charge is 2.25. The molecule has 1 aromatic heterocycles. The number of nitrogens with zero attached hydrogens (tertiary/aromatic N) is 1. The molecule has 5 nitrogen and oxygen atoms in total. The number of aliphatic hydroxyl groups excluding tert-OH is 1. The molecular weight excluding hydrogens is 238 g/mol. The van der Waals surface area contributed by atoms with Gasteiger partial charge >= 0.3 is 0 Å². The van der Waals surface area contributed by atoms with Gasteiger partial charge in [-0.15, -0.1) is 11.3 Å². The minimum atomic E-state index is -0.427. The van der Waals surface area contributed by atoms with Gasteiger partial charge in [0.25, 0.3) is 5.91 Å². The number of amides is 1. The van der Waals surface area contributed by atoms with Crippen LogP contribution in [0.25, 0.3) is 0 Å². The molecule has 6 heteroatoms. The number of carbonyl (C=O) groups is 1. The minimum absolute atomic E-state index is 0.211. The van der Waals surface area contributed by atoms with E-state index in [9.17, 15) is 4.79 Å². The van der Waals surface area contributed by atoms with Crippen LogP contribution in [0.15, 0.2) is 0 Å². The SMILES string of the molecule is NC(=O)c1c(N)sc2c1CCN(CCCO)C2. The van der Waals surface area contributed by atoms with Crippen LogP contribution in [0, 0.1) is 0 Å². The Kier molecular flexibility index (Phi) is 3.66. The molecule has 0 unspecified atom stereocenters. The maximum Gasteiger partial charge on any atom is 0.251 e. The van der Waals surface area contributed by atoms with Crippen LogP contribution in [0.2, 0.25) is 0 Å². The van der Waals surface area contributed by atoms with E-state index in [-0.39, 0.29) is 6.61 Å². The summed E-state index contributed by atoms with van der Waals surface area (Å²) in [5.41, 5.74) is 12.7. The summed E-state index contributed by atoms with van der Waals surface area (Å²) in [4.78, 5) is 14.7. The molecule has 1 amide bonds. The van der Waals surface area contributed by atoms with Gasteiger partial charge in [-0.25, -0.2) is 0 Å². The Hall–Kier alpha value is -1.11. The molecule has 0 aromatic carbocycles. The zero-order valence-electron chi connectivity index (χ0n) is 9.61. The molecule has 1 aromatic rings. The maximum absolute atomic E-state index is 11.3. The number of primary amides is 1. The molecule has 0 bridgehead atoms. The number of nitrogens with two attached hydrogens (primary N) is 2.